The summed E-state index contributed by atoms with van der Waals surface area (Å²) in [6.07, 6.45) is 1.35. The summed E-state index contributed by atoms with van der Waals surface area (Å²) in [7, 11) is 0. The minimum atomic E-state index is -0.738. The predicted molar refractivity (Wildman–Crippen MR) is 168 cm³/mol. The van der Waals surface area contributed by atoms with E-state index in [1.54, 1.807) is 17.0 Å². The van der Waals surface area contributed by atoms with E-state index in [1.807, 2.05) is 111 Å². The molecule has 4 aromatic carbocycles. The quantitative estimate of drug-likeness (QED) is 0.182. The number of hydrogen-bond acceptors (Lipinski definition) is 2. The van der Waals surface area contributed by atoms with Crippen LogP contribution >= 0.6 is 23.2 Å². The van der Waals surface area contributed by atoms with E-state index >= 15 is 0 Å². The van der Waals surface area contributed by atoms with Crippen molar-refractivity contribution < 1.29 is 9.59 Å². The number of amides is 2. The average Bonchev–Trinajstić information content (AvgIpc) is 2.99. The fourth-order valence-electron chi connectivity index (χ4n) is 4.92. The van der Waals surface area contributed by atoms with Gasteiger partial charge in [-0.15, -0.1) is 0 Å². The molecule has 0 spiro atoms. The van der Waals surface area contributed by atoms with E-state index < -0.39 is 6.04 Å². The van der Waals surface area contributed by atoms with E-state index in [1.165, 1.54) is 0 Å². The summed E-state index contributed by atoms with van der Waals surface area (Å²) in [5.41, 5.74) is 3.79. The highest BCUT2D eigenvalue weighted by Crippen LogP contribution is 2.31. The van der Waals surface area contributed by atoms with Gasteiger partial charge < -0.3 is 10.2 Å². The summed E-state index contributed by atoms with van der Waals surface area (Å²) in [4.78, 5) is 30.0. The molecule has 0 radical (unpaired) electrons. The van der Waals surface area contributed by atoms with Gasteiger partial charge in [0, 0.05) is 41.4 Å². The number of carbonyl (C=O) groups excluding carboxylic acids is 2. The second-order valence-electron chi connectivity index (χ2n) is 10.4. The van der Waals surface area contributed by atoms with Crippen molar-refractivity contribution in [2.24, 2.45) is 0 Å². The van der Waals surface area contributed by atoms with Gasteiger partial charge >= 0.3 is 0 Å². The molecule has 0 heterocycles. The van der Waals surface area contributed by atoms with Gasteiger partial charge in [0.1, 0.15) is 6.04 Å². The van der Waals surface area contributed by atoms with Crippen LogP contribution in [0.2, 0.25) is 10.0 Å². The normalized spacial score (nSPS) is 12.5. The van der Waals surface area contributed by atoms with Crippen molar-refractivity contribution in [1.82, 2.24) is 10.2 Å². The van der Waals surface area contributed by atoms with Gasteiger partial charge in [-0.2, -0.15) is 0 Å². The topological polar surface area (TPSA) is 49.4 Å². The highest BCUT2D eigenvalue weighted by atomic mass is 35.5. The first kappa shape index (κ1) is 30.4. The molecule has 212 valence electrons. The summed E-state index contributed by atoms with van der Waals surface area (Å²) in [5.74, 6) is -0.491. The van der Waals surface area contributed by atoms with E-state index in [2.05, 4.69) is 5.32 Å². The Morgan fingerprint density at radius 3 is 1.90 bits per heavy atom. The van der Waals surface area contributed by atoms with Gasteiger partial charge in [-0.05, 0) is 47.7 Å². The molecule has 2 amide bonds. The third-order valence-electron chi connectivity index (χ3n) is 7.41. The van der Waals surface area contributed by atoms with Crippen LogP contribution in [0.15, 0.2) is 109 Å². The Hall–Kier alpha value is -3.60. The van der Waals surface area contributed by atoms with E-state index in [-0.39, 0.29) is 36.7 Å². The molecular weight excluding hydrogens is 551 g/mol. The Balaban J connectivity index is 1.76. The maximum atomic E-state index is 14.5. The molecule has 0 aliphatic rings. The first-order valence-electron chi connectivity index (χ1n) is 14.0. The lowest BCUT2D eigenvalue weighted by Crippen LogP contribution is -2.52. The number of benzene rings is 4. The van der Waals surface area contributed by atoms with Crippen molar-refractivity contribution in [3.05, 3.63) is 141 Å². The second-order valence-corrected chi connectivity index (χ2v) is 11.2. The molecule has 4 nitrogen and oxygen atoms in total. The molecule has 1 N–H and O–H groups in total. The molecule has 4 rings (SSSR count). The van der Waals surface area contributed by atoms with E-state index in [4.69, 9.17) is 23.2 Å². The van der Waals surface area contributed by atoms with Gasteiger partial charge in [0.15, 0.2) is 0 Å². The molecule has 0 bridgehead atoms. The summed E-state index contributed by atoms with van der Waals surface area (Å²) in [5, 5.41) is 4.10. The Bertz CT molecular complexity index is 1370. The zero-order valence-corrected chi connectivity index (χ0v) is 25.0. The van der Waals surface area contributed by atoms with Crippen LogP contribution in [0.3, 0.4) is 0 Å². The van der Waals surface area contributed by atoms with Crippen LogP contribution in [0.5, 0.6) is 0 Å². The molecule has 6 heteroatoms. The molecule has 0 fully saturated rings. The fourth-order valence-corrected chi connectivity index (χ4v) is 5.39. The van der Waals surface area contributed by atoms with Crippen LogP contribution in [0, 0.1) is 0 Å². The Morgan fingerprint density at radius 2 is 1.37 bits per heavy atom. The molecule has 0 unspecified atom stereocenters. The number of rotatable bonds is 12. The van der Waals surface area contributed by atoms with Crippen LogP contribution in [0.25, 0.3) is 0 Å². The molecule has 41 heavy (non-hydrogen) atoms. The Labute approximate surface area is 253 Å². The molecule has 0 aliphatic carbocycles. The van der Waals surface area contributed by atoms with Crippen LogP contribution in [0.1, 0.15) is 54.9 Å². The third-order valence-corrected chi connectivity index (χ3v) is 8.00. The van der Waals surface area contributed by atoms with Gasteiger partial charge in [0.05, 0.1) is 0 Å². The fraction of sp³-hybridized carbons (Fsp3) is 0.257. The minimum Gasteiger partial charge on any atom is -0.352 e. The Morgan fingerprint density at radius 1 is 0.805 bits per heavy atom. The van der Waals surface area contributed by atoms with Crippen molar-refractivity contribution in [3.8, 4) is 0 Å². The van der Waals surface area contributed by atoms with Gasteiger partial charge in [-0.25, -0.2) is 0 Å². The predicted octanol–water partition coefficient (Wildman–Crippen LogP) is 8.07. The summed E-state index contributed by atoms with van der Waals surface area (Å²) >= 11 is 12.8. The smallest absolute Gasteiger partial charge is 0.243 e. The van der Waals surface area contributed by atoms with E-state index in [0.717, 1.165) is 28.7 Å². The van der Waals surface area contributed by atoms with Crippen molar-refractivity contribution in [3.63, 3.8) is 0 Å². The van der Waals surface area contributed by atoms with Crippen molar-refractivity contribution in [2.75, 3.05) is 0 Å². The number of nitrogens with zero attached hydrogens (tertiary/aromatic N) is 1. The SMILES string of the molecule is CC[C@@H](C)NC(=O)[C@@H](Cc1ccccc1)N(Cc1ccc(Cl)cc1Cl)C(=O)CC(c1ccccc1)c1ccccc1. The zero-order valence-electron chi connectivity index (χ0n) is 23.5. The zero-order chi connectivity index (χ0) is 29.2. The molecule has 0 saturated carbocycles. The summed E-state index contributed by atoms with van der Waals surface area (Å²) in [6.45, 7) is 4.18. The lowest BCUT2D eigenvalue weighted by molar-refractivity contribution is -0.141. The molecule has 0 aliphatic heterocycles. The second kappa shape index (κ2) is 14.9. The van der Waals surface area contributed by atoms with Crippen molar-refractivity contribution in [1.29, 1.82) is 0 Å². The summed E-state index contributed by atoms with van der Waals surface area (Å²) in [6, 6.07) is 34.3. The average molecular weight is 588 g/mol. The largest absolute Gasteiger partial charge is 0.352 e. The number of halogens is 2. The summed E-state index contributed by atoms with van der Waals surface area (Å²) < 4.78 is 0. The van der Waals surface area contributed by atoms with Gasteiger partial charge in [-0.1, -0.05) is 127 Å². The molecule has 0 aromatic heterocycles. The van der Waals surface area contributed by atoms with Gasteiger partial charge in [0.25, 0.3) is 0 Å². The van der Waals surface area contributed by atoms with Gasteiger partial charge in [-0.3, -0.25) is 9.59 Å². The van der Waals surface area contributed by atoms with Crippen molar-refractivity contribution in [2.45, 2.75) is 57.7 Å². The standard InChI is InChI=1S/C35H36Cl2N2O2/c1-3-25(2)38-35(41)33(21-26-13-7-4-8-14-26)39(24-29-19-20-30(36)22-32(29)37)34(40)23-31(27-15-9-5-10-16-27)28-17-11-6-12-18-28/h4-20,22,25,31,33H,3,21,23-24H2,1-2H3,(H,38,41)/t25-,33-/m1/s1. The van der Waals surface area contributed by atoms with Crippen molar-refractivity contribution >= 4 is 35.0 Å². The number of carbonyl (C=O) groups is 2. The first-order valence-corrected chi connectivity index (χ1v) is 14.8. The maximum absolute atomic E-state index is 14.5. The lowest BCUT2D eigenvalue weighted by atomic mass is 9.87. The first-order chi connectivity index (χ1) is 19.9. The molecule has 0 saturated heterocycles. The number of nitrogens with one attached hydrogen (secondary N) is 1. The highest BCUT2D eigenvalue weighted by molar-refractivity contribution is 6.35. The third kappa shape index (κ3) is 8.45. The van der Waals surface area contributed by atoms with Crippen LogP contribution < -0.4 is 5.32 Å². The minimum absolute atomic E-state index is 0.0294. The molecular formula is C35H36Cl2N2O2. The van der Waals surface area contributed by atoms with E-state index in [0.29, 0.717) is 16.5 Å². The monoisotopic (exact) mass is 586 g/mol. The highest BCUT2D eigenvalue weighted by Gasteiger charge is 2.33. The molecule has 4 aromatic rings. The number of hydrogen-bond donors (Lipinski definition) is 1. The van der Waals surface area contributed by atoms with Crippen LogP contribution in [-0.4, -0.2) is 28.8 Å². The van der Waals surface area contributed by atoms with Gasteiger partial charge in [0.2, 0.25) is 11.8 Å². The lowest BCUT2D eigenvalue weighted by Gasteiger charge is -2.33. The van der Waals surface area contributed by atoms with E-state index in [9.17, 15) is 9.59 Å². The maximum Gasteiger partial charge on any atom is 0.243 e. The molecule has 2 atom stereocenters. The Kier molecular flexibility index (Phi) is 11.0. The van der Waals surface area contributed by atoms with Crippen LogP contribution in [-0.2, 0) is 22.6 Å². The van der Waals surface area contributed by atoms with Crippen LogP contribution in [0.4, 0.5) is 0 Å².